The molecule has 8 heteroatoms. The van der Waals surface area contributed by atoms with Gasteiger partial charge in [-0.1, -0.05) is 6.92 Å². The van der Waals surface area contributed by atoms with E-state index in [0.29, 0.717) is 31.2 Å². The molecule has 0 aromatic carbocycles. The van der Waals surface area contributed by atoms with Crippen LogP contribution in [0.3, 0.4) is 0 Å². The molecule has 0 unspecified atom stereocenters. The smallest absolute Gasteiger partial charge is 0.273 e. The molecule has 1 saturated heterocycles. The second-order valence-electron chi connectivity index (χ2n) is 4.86. The fourth-order valence-electron chi connectivity index (χ4n) is 2.23. The Bertz CT molecular complexity index is 638. The first-order valence-corrected chi connectivity index (χ1v) is 7.79. The van der Waals surface area contributed by atoms with E-state index in [9.17, 15) is 4.79 Å². The normalized spacial score (nSPS) is 19.0. The third-order valence-electron chi connectivity index (χ3n) is 3.36. The van der Waals surface area contributed by atoms with Gasteiger partial charge in [-0.05, 0) is 6.92 Å². The molecule has 2 aromatic heterocycles. The van der Waals surface area contributed by atoms with E-state index in [-0.39, 0.29) is 12.0 Å². The SMILES string of the molecule is CCc1nc([C@@H]2CN(C(=O)c3csc(C)n3)CCO2)n[nH]1. The number of ether oxygens (including phenoxy) is 1. The number of amides is 1. The summed E-state index contributed by atoms with van der Waals surface area (Å²) >= 11 is 1.48. The van der Waals surface area contributed by atoms with Gasteiger partial charge in [0.05, 0.1) is 18.2 Å². The predicted molar refractivity (Wildman–Crippen MR) is 77.2 cm³/mol. The van der Waals surface area contributed by atoms with Gasteiger partial charge in [0.15, 0.2) is 5.82 Å². The van der Waals surface area contributed by atoms with Crippen molar-refractivity contribution in [3.8, 4) is 0 Å². The number of H-pyrrole nitrogens is 1. The maximum absolute atomic E-state index is 12.4. The number of carbonyl (C=O) groups excluding carboxylic acids is 1. The Morgan fingerprint density at radius 3 is 3.10 bits per heavy atom. The summed E-state index contributed by atoms with van der Waals surface area (Å²) in [6, 6.07) is 0. The van der Waals surface area contributed by atoms with Gasteiger partial charge in [0.25, 0.3) is 5.91 Å². The molecule has 0 aliphatic carbocycles. The van der Waals surface area contributed by atoms with Gasteiger partial charge in [-0.3, -0.25) is 9.89 Å². The zero-order valence-corrected chi connectivity index (χ0v) is 12.8. The Morgan fingerprint density at radius 1 is 1.57 bits per heavy atom. The minimum Gasteiger partial charge on any atom is -0.366 e. The number of hydrogen-bond acceptors (Lipinski definition) is 6. The third kappa shape index (κ3) is 2.96. The second-order valence-corrected chi connectivity index (χ2v) is 5.92. The van der Waals surface area contributed by atoms with E-state index in [1.165, 1.54) is 11.3 Å². The van der Waals surface area contributed by atoms with Crippen LogP contribution in [0.25, 0.3) is 0 Å². The Kier molecular flexibility index (Phi) is 3.98. The van der Waals surface area contributed by atoms with E-state index in [1.807, 2.05) is 13.8 Å². The average molecular weight is 307 g/mol. The summed E-state index contributed by atoms with van der Waals surface area (Å²) in [5.41, 5.74) is 0.502. The summed E-state index contributed by atoms with van der Waals surface area (Å²) in [5.74, 6) is 1.38. The molecular formula is C13H17N5O2S. The lowest BCUT2D eigenvalue weighted by atomic mass is 10.2. The first-order chi connectivity index (χ1) is 10.2. The minimum absolute atomic E-state index is 0.0566. The zero-order chi connectivity index (χ0) is 14.8. The van der Waals surface area contributed by atoms with Crippen LogP contribution in [0.1, 0.15) is 40.2 Å². The van der Waals surface area contributed by atoms with Crippen LogP contribution in [-0.4, -0.2) is 50.7 Å². The third-order valence-corrected chi connectivity index (χ3v) is 4.14. The van der Waals surface area contributed by atoms with Crippen molar-refractivity contribution in [2.24, 2.45) is 0 Å². The highest BCUT2D eigenvalue weighted by Crippen LogP contribution is 2.21. The topological polar surface area (TPSA) is 84.0 Å². The van der Waals surface area contributed by atoms with Gasteiger partial charge < -0.3 is 9.64 Å². The van der Waals surface area contributed by atoms with Crippen molar-refractivity contribution in [2.45, 2.75) is 26.4 Å². The highest BCUT2D eigenvalue weighted by atomic mass is 32.1. The molecule has 1 aliphatic rings. The lowest BCUT2D eigenvalue weighted by Crippen LogP contribution is -2.42. The average Bonchev–Trinajstić information content (AvgIpc) is 3.15. The molecule has 2 aromatic rings. The summed E-state index contributed by atoms with van der Waals surface area (Å²) in [5, 5.41) is 9.73. The van der Waals surface area contributed by atoms with Crippen molar-refractivity contribution in [3.05, 3.63) is 27.7 Å². The van der Waals surface area contributed by atoms with Gasteiger partial charge in [-0.2, -0.15) is 5.10 Å². The van der Waals surface area contributed by atoms with E-state index in [0.717, 1.165) is 17.3 Å². The number of rotatable bonds is 3. The lowest BCUT2D eigenvalue weighted by molar-refractivity contribution is -0.0268. The first-order valence-electron chi connectivity index (χ1n) is 6.91. The second kappa shape index (κ2) is 5.90. The largest absolute Gasteiger partial charge is 0.366 e. The Balaban J connectivity index is 1.72. The van der Waals surface area contributed by atoms with Crippen molar-refractivity contribution in [1.82, 2.24) is 25.1 Å². The summed E-state index contributed by atoms with van der Waals surface area (Å²) in [4.78, 5) is 22.8. The number of aromatic nitrogens is 4. The monoisotopic (exact) mass is 307 g/mol. The maximum Gasteiger partial charge on any atom is 0.273 e. The van der Waals surface area contributed by atoms with Crippen molar-refractivity contribution in [2.75, 3.05) is 19.7 Å². The number of thiazole rings is 1. The van der Waals surface area contributed by atoms with Crippen molar-refractivity contribution < 1.29 is 9.53 Å². The molecule has 1 fully saturated rings. The van der Waals surface area contributed by atoms with E-state index >= 15 is 0 Å². The van der Waals surface area contributed by atoms with Gasteiger partial charge in [-0.15, -0.1) is 11.3 Å². The molecular weight excluding hydrogens is 290 g/mol. The van der Waals surface area contributed by atoms with Crippen LogP contribution < -0.4 is 0 Å². The van der Waals surface area contributed by atoms with Crippen LogP contribution in [0.4, 0.5) is 0 Å². The quantitative estimate of drug-likeness (QED) is 0.925. The Hall–Kier alpha value is -1.80. The molecule has 0 bridgehead atoms. The fourth-order valence-corrected chi connectivity index (χ4v) is 2.81. The van der Waals surface area contributed by atoms with Gasteiger partial charge >= 0.3 is 0 Å². The molecule has 7 nitrogen and oxygen atoms in total. The summed E-state index contributed by atoms with van der Waals surface area (Å²) in [7, 11) is 0. The maximum atomic E-state index is 12.4. The summed E-state index contributed by atoms with van der Waals surface area (Å²) < 4.78 is 5.69. The van der Waals surface area contributed by atoms with Crippen LogP contribution in [0.5, 0.6) is 0 Å². The van der Waals surface area contributed by atoms with Crippen molar-refractivity contribution in [1.29, 1.82) is 0 Å². The van der Waals surface area contributed by atoms with Crippen molar-refractivity contribution in [3.63, 3.8) is 0 Å². The number of aromatic amines is 1. The van der Waals surface area contributed by atoms with E-state index in [1.54, 1.807) is 10.3 Å². The number of aryl methyl sites for hydroxylation is 2. The van der Waals surface area contributed by atoms with Gasteiger partial charge in [0.1, 0.15) is 17.6 Å². The predicted octanol–water partition coefficient (Wildman–Crippen LogP) is 1.35. The number of carbonyl (C=O) groups is 1. The van der Waals surface area contributed by atoms with E-state index in [4.69, 9.17) is 4.74 Å². The molecule has 3 rings (SSSR count). The molecule has 112 valence electrons. The van der Waals surface area contributed by atoms with E-state index in [2.05, 4.69) is 20.2 Å². The molecule has 21 heavy (non-hydrogen) atoms. The number of nitrogens with zero attached hydrogens (tertiary/aromatic N) is 4. The standard InChI is InChI=1S/C13H17N5O2S/c1-3-11-15-12(17-16-11)10-6-18(4-5-20-10)13(19)9-7-21-8(2)14-9/h7,10H,3-6H2,1-2H3,(H,15,16,17)/t10-/m0/s1. The number of morpholine rings is 1. The molecule has 3 heterocycles. The van der Waals surface area contributed by atoms with Gasteiger partial charge in [-0.25, -0.2) is 9.97 Å². The molecule has 0 saturated carbocycles. The molecule has 0 radical (unpaired) electrons. The number of nitrogens with one attached hydrogen (secondary N) is 1. The van der Waals surface area contributed by atoms with Crippen LogP contribution in [-0.2, 0) is 11.2 Å². The molecule has 0 spiro atoms. The number of hydrogen-bond donors (Lipinski definition) is 1. The minimum atomic E-state index is -0.279. The van der Waals surface area contributed by atoms with Crippen LogP contribution in [0, 0.1) is 6.92 Å². The first kappa shape index (κ1) is 14.2. The molecule has 1 amide bonds. The highest BCUT2D eigenvalue weighted by Gasteiger charge is 2.29. The lowest BCUT2D eigenvalue weighted by Gasteiger charge is -2.31. The molecule has 1 aliphatic heterocycles. The Labute approximate surface area is 126 Å². The van der Waals surface area contributed by atoms with Crippen molar-refractivity contribution >= 4 is 17.2 Å². The van der Waals surface area contributed by atoms with Crippen LogP contribution in [0.15, 0.2) is 5.38 Å². The summed E-state index contributed by atoms with van der Waals surface area (Å²) in [6.45, 7) is 5.40. The van der Waals surface area contributed by atoms with Gasteiger partial charge in [0.2, 0.25) is 0 Å². The molecule has 1 N–H and O–H groups in total. The van der Waals surface area contributed by atoms with E-state index < -0.39 is 0 Å². The summed E-state index contributed by atoms with van der Waals surface area (Å²) in [6.07, 6.45) is 0.513. The van der Waals surface area contributed by atoms with Crippen LogP contribution >= 0.6 is 11.3 Å². The van der Waals surface area contributed by atoms with Gasteiger partial charge in [0, 0.05) is 18.3 Å². The fraction of sp³-hybridized carbons (Fsp3) is 0.538. The Morgan fingerprint density at radius 2 is 2.43 bits per heavy atom. The molecule has 1 atom stereocenters. The zero-order valence-electron chi connectivity index (χ0n) is 12.0. The highest BCUT2D eigenvalue weighted by molar-refractivity contribution is 7.09. The van der Waals surface area contributed by atoms with Crippen LogP contribution in [0.2, 0.25) is 0 Å².